The number of carbonyl (C=O) groups excluding carboxylic acids is 7. The van der Waals surface area contributed by atoms with E-state index in [-0.39, 0.29) is 141 Å². The lowest BCUT2D eigenvalue weighted by molar-refractivity contribution is -0.138. The van der Waals surface area contributed by atoms with E-state index in [0.717, 1.165) is 152 Å². The van der Waals surface area contributed by atoms with E-state index < -0.39 is 83.1 Å². The summed E-state index contributed by atoms with van der Waals surface area (Å²) in [5.41, 5.74) is 6.75. The molecule has 3 saturated carbocycles. The van der Waals surface area contributed by atoms with Crippen LogP contribution in [0.1, 0.15) is 328 Å². The number of pyridine rings is 6. The number of aromatic nitrogens is 6. The van der Waals surface area contributed by atoms with Gasteiger partial charge < -0.3 is 76.7 Å². The van der Waals surface area contributed by atoms with Gasteiger partial charge in [0.15, 0.2) is 15.1 Å². The summed E-state index contributed by atoms with van der Waals surface area (Å²) in [6, 6.07) is 21.9. The predicted molar refractivity (Wildman–Crippen MR) is 575 cm³/mol. The first-order valence-electron chi connectivity index (χ1n) is 53.3. The molecular weight excluding hydrogens is 1970 g/mol. The third kappa shape index (κ3) is 26.8. The fraction of sp³-hybridized carbons (Fsp3) is 0.651. The normalized spacial score (nSPS) is 25.0. The maximum atomic E-state index is 14.0. The smallest absolute Gasteiger partial charge is 0.410 e. The summed E-state index contributed by atoms with van der Waals surface area (Å²) in [5.74, 6) is -1.06. The molecule has 15 heterocycles. The largest absolute Gasteiger partial charge is 0.480 e. The van der Waals surface area contributed by atoms with Gasteiger partial charge in [0.25, 0.3) is 47.8 Å². The molecule has 12 N–H and O–H groups in total. The Kier molecular flexibility index (Phi) is 32.1. The molecule has 6 aromatic heterocycles. The molecular formula is C109H159N21O17S3. The second kappa shape index (κ2) is 42.7. The minimum absolute atomic E-state index is 0.00867. The molecule has 38 nitrogen and oxygen atoms in total. The number of piperidine rings is 3. The number of carbonyl (C=O) groups is 8. The van der Waals surface area contributed by atoms with E-state index in [1.165, 1.54) is 30.3 Å². The zero-order valence-electron chi connectivity index (χ0n) is 91.3. The van der Waals surface area contributed by atoms with Gasteiger partial charge in [-0.3, -0.25) is 24.0 Å². The third-order valence-corrected chi connectivity index (χ3v) is 35.6. The van der Waals surface area contributed by atoms with E-state index in [2.05, 4.69) is 138 Å². The first-order chi connectivity index (χ1) is 69.7. The van der Waals surface area contributed by atoms with Crippen molar-refractivity contribution in [2.75, 3.05) is 89.6 Å². The van der Waals surface area contributed by atoms with Crippen molar-refractivity contribution in [3.05, 3.63) is 125 Å². The molecule has 0 aromatic carbocycles. The standard InChI is InChI=1S/C38H55N7O6S.C33H47N7O4S.C25H33N5O5S.C13H24N2O2/c1-35(2,3)28-15-13-26-31(41-28)45-23-24(20-37(45,7)8)12-14-27(40-29-10-9-11-30(42-29)52(49,50)43-32(26)46)33(47)39-25-21-38(22-25)16-18-44(19-17-38)34(48)51-36(4,5)6;1-31(2,3)25-12-10-23-28(37-25)40-20-21(17-32(40,4)5)9-11-24(30(42)35-22-18-33(19-22)13-15-34-16-14-33)36-26-7-6-8-27(38-26)45(43,44)39-29(23)41;1-24(2,3)18-12-10-16-21(27-18)30-14-15(13-25(30,4)5)9-11-17(23(32)33)26-19-7-6-8-20(28-19)36(34,35)29-22(16)31;1-12(2,3)17-11(16)15-6-4-13(5-7-15)8-10(14)9-13/h9-11,13,15,24-25,27H,12,14,16-23H2,1-8H3,(H,39,47)(H,40,42)(H,43,46);6-8,10,12,21-22,24,34H,9,11,13-20H2,1-5H3,(H,35,42)(H,36,38)(H,39,41);6-8,10,12,15,17H,9,11,13-14H2,1-5H3,(H,26,28)(H,29,31)(H,32,33);10H,4-9,14H2,1-3H3/t24-,27?;21-,24?;15-,17?;/m000./s1. The van der Waals surface area contributed by atoms with Crippen molar-refractivity contribution in [3.63, 3.8) is 0 Å². The second-order valence-corrected chi connectivity index (χ2v) is 55.9. The van der Waals surface area contributed by atoms with E-state index in [0.29, 0.717) is 92.7 Å². The minimum Gasteiger partial charge on any atom is -0.480 e. The van der Waals surface area contributed by atoms with Gasteiger partial charge in [0.1, 0.15) is 64.2 Å². The van der Waals surface area contributed by atoms with Crippen molar-refractivity contribution in [2.24, 2.45) is 39.7 Å². The molecule has 3 unspecified atom stereocenters. The number of likely N-dealkylation sites (tertiary alicyclic amines) is 2. The van der Waals surface area contributed by atoms with Crippen LogP contribution in [0.15, 0.2) is 106 Å². The molecule has 3 aliphatic carbocycles. The molecule has 41 heteroatoms. The number of anilines is 6. The molecule has 6 atom stereocenters. The van der Waals surface area contributed by atoms with Crippen LogP contribution in [0.25, 0.3) is 0 Å². The highest BCUT2D eigenvalue weighted by Gasteiger charge is 2.53. The van der Waals surface area contributed by atoms with E-state index in [1.54, 1.807) is 65.6 Å². The number of nitrogens with zero attached hydrogens (tertiary/aromatic N) is 11. The van der Waals surface area contributed by atoms with Gasteiger partial charge in [-0.05, 0) is 338 Å². The number of carboxylic acids is 1. The SMILES string of the molecule is CC(C)(C)OC(=O)N1CCC2(CC1)CC(N)C2.CC(C)(C)OC(=O)N1CCC2(CC1)CC(NC(=O)C1CC[C@@H]3CN(c4nc(C(C)(C)C)ccc4C(=O)NS(=O)(=O)c4cccc(n4)N1)C(C)(C)C3)C2.CC(C)(C)c1ccc2c(n1)N1C[C@@H](CCC(C(=O)NC3CC4(CCNCC4)C3)Nc3cccc(n3)S(=O)(=O)NC2=O)CC1(C)C.CC(C)(C)c1ccc2c(n1)N1C[C@@H](CCC(C(=O)O)Nc3cccc(n3)S(=O)(=O)NC2=O)CC1(C)C. The molecule has 18 rings (SSSR count). The minimum atomic E-state index is -4.37. The lowest BCUT2D eigenvalue weighted by Gasteiger charge is -2.52. The summed E-state index contributed by atoms with van der Waals surface area (Å²) in [6.45, 7) is 49.1. The molecule has 9 fully saturated rings. The summed E-state index contributed by atoms with van der Waals surface area (Å²) in [6.07, 6.45) is 17.6. The number of hydrogen-bond donors (Lipinski definition) is 11. The van der Waals surface area contributed by atoms with Crippen LogP contribution in [0.3, 0.4) is 0 Å². The van der Waals surface area contributed by atoms with E-state index >= 15 is 0 Å². The molecule has 3 spiro atoms. The van der Waals surface area contributed by atoms with Crippen LogP contribution in [0, 0.1) is 34.0 Å². The van der Waals surface area contributed by atoms with Gasteiger partial charge in [0.2, 0.25) is 11.8 Å². The molecule has 820 valence electrons. The average Bonchev–Trinajstić information content (AvgIpc) is 1.72. The quantitative estimate of drug-likeness (QED) is 0.0763. The number of aliphatic carboxylic acids is 1. The number of amides is 7. The average molecular weight is 2130 g/mol. The topological polar surface area (TPSA) is 505 Å². The van der Waals surface area contributed by atoms with E-state index in [9.17, 15) is 68.7 Å². The van der Waals surface area contributed by atoms with Gasteiger partial charge >= 0.3 is 18.2 Å². The Balaban J connectivity index is 0.000000157. The highest BCUT2D eigenvalue weighted by Crippen LogP contribution is 2.53. The fourth-order valence-electron chi connectivity index (χ4n) is 23.8. The van der Waals surface area contributed by atoms with Gasteiger partial charge in [-0.25, -0.2) is 58.5 Å². The predicted octanol–water partition coefficient (Wildman–Crippen LogP) is 14.4. The number of nitrogens with two attached hydrogens (primary N) is 1. The Labute approximate surface area is 884 Å². The van der Waals surface area contributed by atoms with E-state index in [4.69, 9.17) is 30.2 Å². The maximum absolute atomic E-state index is 14.0. The summed E-state index contributed by atoms with van der Waals surface area (Å²) in [5, 5.41) is 28.1. The van der Waals surface area contributed by atoms with Crippen LogP contribution in [-0.2, 0) is 70.2 Å². The van der Waals surface area contributed by atoms with Crippen LogP contribution in [0.2, 0.25) is 0 Å². The molecule has 9 aliphatic heterocycles. The molecule has 7 amide bonds. The van der Waals surface area contributed by atoms with Crippen molar-refractivity contribution in [1.29, 1.82) is 0 Å². The fourth-order valence-corrected chi connectivity index (χ4v) is 26.6. The van der Waals surface area contributed by atoms with Crippen LogP contribution in [0.5, 0.6) is 0 Å². The number of rotatable bonds is 5. The maximum Gasteiger partial charge on any atom is 0.410 e. The van der Waals surface area contributed by atoms with Crippen molar-refractivity contribution >= 4 is 113 Å². The molecule has 12 bridgehead atoms. The van der Waals surface area contributed by atoms with Crippen molar-refractivity contribution in [3.8, 4) is 0 Å². The summed E-state index contributed by atoms with van der Waals surface area (Å²) in [4.78, 5) is 142. The van der Waals surface area contributed by atoms with Crippen molar-refractivity contribution in [1.82, 2.24) is 69.8 Å². The monoisotopic (exact) mass is 2130 g/mol. The third-order valence-electron chi connectivity index (χ3n) is 31.9. The lowest BCUT2D eigenvalue weighted by Crippen LogP contribution is -2.57. The molecule has 6 aromatic rings. The highest BCUT2D eigenvalue weighted by molar-refractivity contribution is 7.90. The number of fused-ring (bicyclic) bond motifs is 18. The zero-order valence-corrected chi connectivity index (χ0v) is 93.7. The molecule has 0 radical (unpaired) electrons. The van der Waals surface area contributed by atoms with Gasteiger partial charge in [-0.1, -0.05) is 80.5 Å². The van der Waals surface area contributed by atoms with Crippen LogP contribution in [0.4, 0.5) is 44.5 Å². The van der Waals surface area contributed by atoms with Gasteiger partial charge in [0, 0.05) is 114 Å². The first kappa shape index (κ1) is 113. The van der Waals surface area contributed by atoms with E-state index in [1.807, 2.05) is 88.0 Å². The number of hydrogen-bond acceptors (Lipinski definition) is 30. The Morgan fingerprint density at radius 1 is 0.387 bits per heavy atom. The van der Waals surface area contributed by atoms with Crippen molar-refractivity contribution in [2.45, 2.75) is 376 Å². The number of ether oxygens (including phenoxy) is 2. The zero-order chi connectivity index (χ0) is 109. The van der Waals surface area contributed by atoms with Gasteiger partial charge in [-0.15, -0.1) is 0 Å². The Morgan fingerprint density at radius 3 is 0.960 bits per heavy atom. The summed E-state index contributed by atoms with van der Waals surface area (Å²) in [7, 11) is -13.0. The van der Waals surface area contributed by atoms with Crippen LogP contribution < -0.4 is 66.5 Å². The summed E-state index contributed by atoms with van der Waals surface area (Å²) >= 11 is 0. The molecule has 150 heavy (non-hydrogen) atoms. The second-order valence-electron chi connectivity index (χ2n) is 51.1. The van der Waals surface area contributed by atoms with Crippen LogP contribution >= 0.6 is 0 Å². The number of carboxylic acid groups (broad SMARTS) is 1. The lowest BCUT2D eigenvalue weighted by atomic mass is 9.60. The summed E-state index contributed by atoms with van der Waals surface area (Å²) < 4.78 is 97.7. The molecule has 6 saturated heterocycles. The first-order valence-corrected chi connectivity index (χ1v) is 57.7. The van der Waals surface area contributed by atoms with Crippen LogP contribution in [-0.4, -0.2) is 241 Å². The Morgan fingerprint density at radius 2 is 0.673 bits per heavy atom. The number of nitrogens with one attached hydrogen (secondary N) is 9. The highest BCUT2D eigenvalue weighted by atomic mass is 32.2. The Bertz CT molecular complexity index is 6400. The van der Waals surface area contributed by atoms with Crippen molar-refractivity contribution < 1.29 is 78.2 Å². The van der Waals surface area contributed by atoms with Gasteiger partial charge in [-0.2, -0.15) is 25.3 Å². The molecule has 12 aliphatic rings. The van der Waals surface area contributed by atoms with Gasteiger partial charge in [0.05, 0.1) is 16.7 Å². The number of sulfonamides is 3. The Hall–Kier alpha value is -11.2.